The summed E-state index contributed by atoms with van der Waals surface area (Å²) in [6.07, 6.45) is 0.700. The average molecular weight is 306 g/mol. The first kappa shape index (κ1) is 15.4. The van der Waals surface area contributed by atoms with Gasteiger partial charge in [0.15, 0.2) is 5.82 Å². The third-order valence-corrected chi connectivity index (χ3v) is 4.30. The van der Waals surface area contributed by atoms with E-state index in [0.29, 0.717) is 18.0 Å². The molecule has 0 aliphatic heterocycles. The summed E-state index contributed by atoms with van der Waals surface area (Å²) in [6, 6.07) is 9.35. The summed E-state index contributed by atoms with van der Waals surface area (Å²) in [7, 11) is 1.62. The second kappa shape index (κ2) is 7.17. The van der Waals surface area contributed by atoms with Gasteiger partial charge >= 0.3 is 0 Å². The fourth-order valence-electron chi connectivity index (χ4n) is 1.82. The van der Waals surface area contributed by atoms with Gasteiger partial charge in [-0.1, -0.05) is 24.2 Å². The highest BCUT2D eigenvalue weighted by Gasteiger charge is 2.20. The van der Waals surface area contributed by atoms with Gasteiger partial charge in [0, 0.05) is 6.07 Å². The second-order valence-corrected chi connectivity index (χ2v) is 5.72. The smallest absolute Gasteiger partial charge is 0.239 e. The molecule has 0 saturated carbocycles. The topological polar surface area (TPSA) is 64.4 Å². The van der Waals surface area contributed by atoms with Crippen molar-refractivity contribution < 1.29 is 14.1 Å². The minimum absolute atomic E-state index is 0.0956. The van der Waals surface area contributed by atoms with Crippen LogP contribution in [0.5, 0.6) is 5.75 Å². The van der Waals surface area contributed by atoms with Crippen molar-refractivity contribution in [2.24, 2.45) is 0 Å². The number of methoxy groups -OCH3 is 1. The summed E-state index contributed by atoms with van der Waals surface area (Å²) in [4.78, 5) is 13.2. The number of carbonyl (C=O) groups is 1. The van der Waals surface area contributed by atoms with Crippen molar-refractivity contribution in [2.45, 2.75) is 30.4 Å². The number of amides is 1. The lowest BCUT2D eigenvalue weighted by atomic mass is 10.3. The van der Waals surface area contributed by atoms with Crippen LogP contribution in [0.3, 0.4) is 0 Å². The first-order valence-electron chi connectivity index (χ1n) is 6.68. The molecule has 112 valence electrons. The number of rotatable bonds is 6. The van der Waals surface area contributed by atoms with Crippen LogP contribution >= 0.6 is 11.8 Å². The number of ether oxygens (including phenoxy) is 1. The molecule has 1 atom stereocenters. The predicted octanol–water partition coefficient (Wildman–Crippen LogP) is 3.50. The van der Waals surface area contributed by atoms with Crippen LogP contribution in [-0.2, 0) is 4.79 Å². The first-order valence-corrected chi connectivity index (χ1v) is 7.56. The van der Waals surface area contributed by atoms with Gasteiger partial charge in [0.1, 0.15) is 11.5 Å². The Balaban J connectivity index is 2.06. The fraction of sp³-hybridized carbons (Fsp3) is 0.333. The van der Waals surface area contributed by atoms with Crippen LogP contribution in [0.1, 0.15) is 19.1 Å². The summed E-state index contributed by atoms with van der Waals surface area (Å²) in [5.41, 5.74) is 0. The Bertz CT molecular complexity index is 612. The molecular formula is C15H18N2O3S. The van der Waals surface area contributed by atoms with Gasteiger partial charge in [-0.15, -0.1) is 11.8 Å². The third kappa shape index (κ3) is 4.01. The molecule has 2 aromatic rings. The number of anilines is 1. The summed E-state index contributed by atoms with van der Waals surface area (Å²) < 4.78 is 10.3. The molecule has 0 aliphatic carbocycles. The predicted molar refractivity (Wildman–Crippen MR) is 82.8 cm³/mol. The highest BCUT2D eigenvalue weighted by Crippen LogP contribution is 2.33. The standard InChI is InChI=1S/C15H18N2O3S/c1-4-12(15(18)16-14-9-10(2)20-17-14)21-13-8-6-5-7-11(13)19-3/h5-9,12H,4H2,1-3H3,(H,16,17,18). The molecule has 21 heavy (non-hydrogen) atoms. The van der Waals surface area contributed by atoms with E-state index < -0.39 is 0 Å². The first-order chi connectivity index (χ1) is 10.1. The Kier molecular flexibility index (Phi) is 5.27. The van der Waals surface area contributed by atoms with E-state index in [9.17, 15) is 4.79 Å². The van der Waals surface area contributed by atoms with Gasteiger partial charge in [0.25, 0.3) is 0 Å². The highest BCUT2D eigenvalue weighted by atomic mass is 32.2. The molecule has 0 radical (unpaired) electrons. The van der Waals surface area contributed by atoms with Crippen LogP contribution < -0.4 is 10.1 Å². The molecule has 0 saturated heterocycles. The zero-order valence-corrected chi connectivity index (χ0v) is 13.1. The van der Waals surface area contributed by atoms with E-state index in [-0.39, 0.29) is 11.2 Å². The minimum atomic E-state index is -0.224. The molecule has 1 N–H and O–H groups in total. The number of nitrogens with one attached hydrogen (secondary N) is 1. The van der Waals surface area contributed by atoms with Crippen molar-refractivity contribution >= 4 is 23.5 Å². The molecule has 1 aromatic carbocycles. The van der Waals surface area contributed by atoms with E-state index in [1.165, 1.54) is 11.8 Å². The summed E-state index contributed by atoms with van der Waals surface area (Å²) in [5, 5.41) is 6.31. The number of carbonyl (C=O) groups excluding carboxylic acids is 1. The molecule has 0 spiro atoms. The summed E-state index contributed by atoms with van der Waals surface area (Å²) in [5.74, 6) is 1.78. The van der Waals surface area contributed by atoms with Crippen LogP contribution in [-0.4, -0.2) is 23.4 Å². The largest absolute Gasteiger partial charge is 0.496 e. The van der Waals surface area contributed by atoms with Gasteiger partial charge in [0.05, 0.1) is 17.3 Å². The van der Waals surface area contributed by atoms with Crippen LogP contribution in [0.15, 0.2) is 39.8 Å². The van der Waals surface area contributed by atoms with E-state index in [2.05, 4.69) is 10.5 Å². The van der Waals surface area contributed by atoms with E-state index in [4.69, 9.17) is 9.26 Å². The zero-order chi connectivity index (χ0) is 15.2. The van der Waals surface area contributed by atoms with E-state index in [1.807, 2.05) is 31.2 Å². The molecule has 1 aromatic heterocycles. The molecule has 0 bridgehead atoms. The summed E-state index contributed by atoms with van der Waals surface area (Å²) in [6.45, 7) is 3.75. The number of hydrogen-bond acceptors (Lipinski definition) is 5. The Morgan fingerprint density at radius 1 is 1.48 bits per heavy atom. The lowest BCUT2D eigenvalue weighted by Gasteiger charge is -2.15. The van der Waals surface area contributed by atoms with Gasteiger partial charge < -0.3 is 14.6 Å². The molecule has 0 aliphatic rings. The Morgan fingerprint density at radius 2 is 2.24 bits per heavy atom. The number of para-hydroxylation sites is 1. The highest BCUT2D eigenvalue weighted by molar-refractivity contribution is 8.00. The lowest BCUT2D eigenvalue weighted by molar-refractivity contribution is -0.115. The SMILES string of the molecule is CCC(Sc1ccccc1OC)C(=O)Nc1cc(C)on1. The maximum Gasteiger partial charge on any atom is 0.239 e. The van der Waals surface area contributed by atoms with Crippen LogP contribution in [0.2, 0.25) is 0 Å². The third-order valence-electron chi connectivity index (χ3n) is 2.88. The van der Waals surface area contributed by atoms with Crippen molar-refractivity contribution in [2.75, 3.05) is 12.4 Å². The normalized spacial score (nSPS) is 12.0. The molecule has 0 fully saturated rings. The fourth-order valence-corrected chi connectivity index (χ4v) is 2.89. The van der Waals surface area contributed by atoms with E-state index in [0.717, 1.165) is 10.6 Å². The number of benzene rings is 1. The average Bonchev–Trinajstić information content (AvgIpc) is 2.90. The van der Waals surface area contributed by atoms with Gasteiger partial charge in [-0.2, -0.15) is 0 Å². The number of hydrogen-bond donors (Lipinski definition) is 1. The maximum absolute atomic E-state index is 12.3. The van der Waals surface area contributed by atoms with Crippen molar-refractivity contribution in [1.82, 2.24) is 5.16 Å². The number of aryl methyl sites for hydroxylation is 1. The second-order valence-electron chi connectivity index (χ2n) is 4.48. The monoisotopic (exact) mass is 306 g/mol. The summed E-state index contributed by atoms with van der Waals surface area (Å²) >= 11 is 1.48. The van der Waals surface area contributed by atoms with Gasteiger partial charge in [-0.25, -0.2) is 0 Å². The number of nitrogens with zero attached hydrogens (tertiary/aromatic N) is 1. The van der Waals surface area contributed by atoms with Crippen molar-refractivity contribution in [1.29, 1.82) is 0 Å². The van der Waals surface area contributed by atoms with Crippen molar-refractivity contribution in [3.05, 3.63) is 36.1 Å². The maximum atomic E-state index is 12.3. The van der Waals surface area contributed by atoms with Crippen LogP contribution in [0, 0.1) is 6.92 Å². The molecule has 6 heteroatoms. The molecule has 5 nitrogen and oxygen atoms in total. The number of thioether (sulfide) groups is 1. The Labute approximate surface area is 128 Å². The molecule has 1 amide bonds. The van der Waals surface area contributed by atoms with E-state index >= 15 is 0 Å². The minimum Gasteiger partial charge on any atom is -0.496 e. The van der Waals surface area contributed by atoms with Gasteiger partial charge in [-0.05, 0) is 25.5 Å². The Hall–Kier alpha value is -1.95. The van der Waals surface area contributed by atoms with Crippen LogP contribution in [0.25, 0.3) is 0 Å². The van der Waals surface area contributed by atoms with Crippen molar-refractivity contribution in [3.8, 4) is 5.75 Å². The Morgan fingerprint density at radius 3 is 2.86 bits per heavy atom. The number of aromatic nitrogens is 1. The quantitative estimate of drug-likeness (QED) is 0.827. The van der Waals surface area contributed by atoms with Crippen molar-refractivity contribution in [3.63, 3.8) is 0 Å². The van der Waals surface area contributed by atoms with E-state index in [1.54, 1.807) is 20.1 Å². The molecule has 1 heterocycles. The lowest BCUT2D eigenvalue weighted by Crippen LogP contribution is -2.24. The van der Waals surface area contributed by atoms with Crippen LogP contribution in [0.4, 0.5) is 5.82 Å². The van der Waals surface area contributed by atoms with Gasteiger partial charge in [0.2, 0.25) is 5.91 Å². The molecule has 1 unspecified atom stereocenters. The zero-order valence-electron chi connectivity index (χ0n) is 12.3. The van der Waals surface area contributed by atoms with Gasteiger partial charge in [-0.3, -0.25) is 4.79 Å². The molecular weight excluding hydrogens is 288 g/mol. The molecule has 2 rings (SSSR count).